The highest BCUT2D eigenvalue weighted by atomic mass is 79.9. The van der Waals surface area contributed by atoms with E-state index in [2.05, 4.69) is 21.2 Å². The van der Waals surface area contributed by atoms with Gasteiger partial charge in [-0.25, -0.2) is 8.42 Å². The Balaban J connectivity index is 1.76. The number of morpholine rings is 1. The van der Waals surface area contributed by atoms with Crippen LogP contribution in [0, 0.1) is 0 Å². The zero-order valence-corrected chi connectivity index (χ0v) is 16.6. The minimum absolute atomic E-state index is 0.0889. The molecule has 1 aliphatic heterocycles. The number of hydrogen-bond acceptors (Lipinski definition) is 5. The average molecular weight is 437 g/mol. The fourth-order valence-corrected chi connectivity index (χ4v) is 4.65. The molecule has 2 rings (SSSR count). The molecule has 0 aliphatic carbocycles. The maximum atomic E-state index is 12.2. The van der Waals surface area contributed by atoms with Crippen LogP contribution in [0.15, 0.2) is 33.6 Å². The molecule has 0 radical (unpaired) electrons. The molecule has 1 aliphatic rings. The summed E-state index contributed by atoms with van der Waals surface area (Å²) in [6.45, 7) is 3.53. The Labute approximate surface area is 155 Å². The minimum atomic E-state index is -3.34. The number of halogens is 1. The van der Waals surface area contributed by atoms with E-state index in [0.29, 0.717) is 26.3 Å². The topological polar surface area (TPSA) is 75.7 Å². The molecule has 1 aromatic carbocycles. The normalized spacial score (nSPS) is 17.4. The fourth-order valence-electron chi connectivity index (χ4n) is 2.17. The largest absolute Gasteiger partial charge is 0.379 e. The molecule has 1 amide bonds. The third kappa shape index (κ3) is 6.03. The van der Waals surface area contributed by atoms with Gasteiger partial charge in [-0.2, -0.15) is 4.31 Å². The molecule has 0 bridgehead atoms. The Morgan fingerprint density at radius 2 is 1.96 bits per heavy atom. The van der Waals surface area contributed by atoms with Gasteiger partial charge in [-0.05, 0) is 31.2 Å². The first kappa shape index (κ1) is 19.7. The molecule has 0 aromatic heterocycles. The Bertz CT molecular complexity index is 646. The van der Waals surface area contributed by atoms with Gasteiger partial charge in [0, 0.05) is 29.0 Å². The number of carbonyl (C=O) groups is 1. The molecule has 0 saturated carbocycles. The Morgan fingerprint density at radius 1 is 1.33 bits per heavy atom. The van der Waals surface area contributed by atoms with Crippen molar-refractivity contribution in [1.29, 1.82) is 0 Å². The molecule has 6 nitrogen and oxygen atoms in total. The van der Waals surface area contributed by atoms with Gasteiger partial charge in [0.05, 0.1) is 24.2 Å². The van der Waals surface area contributed by atoms with Crippen molar-refractivity contribution in [2.75, 3.05) is 38.6 Å². The maximum absolute atomic E-state index is 12.2. The number of hydrogen-bond donors (Lipinski definition) is 1. The van der Waals surface area contributed by atoms with E-state index in [1.165, 1.54) is 16.1 Å². The molecule has 1 atom stereocenters. The van der Waals surface area contributed by atoms with Crippen LogP contribution in [0.3, 0.4) is 0 Å². The summed E-state index contributed by atoms with van der Waals surface area (Å²) in [5, 5.41) is 2.41. The second-order valence-electron chi connectivity index (χ2n) is 5.33. The van der Waals surface area contributed by atoms with Crippen molar-refractivity contribution >= 4 is 43.6 Å². The third-order valence-corrected chi connectivity index (χ3v) is 7.03. The number of benzene rings is 1. The van der Waals surface area contributed by atoms with Gasteiger partial charge >= 0.3 is 0 Å². The summed E-state index contributed by atoms with van der Waals surface area (Å²) in [6.07, 6.45) is 0. The number of amides is 1. The zero-order valence-electron chi connectivity index (χ0n) is 13.4. The fraction of sp³-hybridized carbons (Fsp3) is 0.533. The summed E-state index contributed by atoms with van der Waals surface area (Å²) < 4.78 is 31.9. The third-order valence-electron chi connectivity index (χ3n) is 3.52. The summed E-state index contributed by atoms with van der Waals surface area (Å²) in [4.78, 5) is 13.1. The van der Waals surface area contributed by atoms with Gasteiger partial charge in [0.15, 0.2) is 0 Å². The molecule has 1 aromatic rings. The smallest absolute Gasteiger partial charge is 0.233 e. The summed E-state index contributed by atoms with van der Waals surface area (Å²) in [6, 6.07) is 7.70. The molecule has 24 heavy (non-hydrogen) atoms. The summed E-state index contributed by atoms with van der Waals surface area (Å²) >= 11 is 4.81. The SMILES string of the molecule is CC(Sc1ccc(Br)cc1)C(=O)NCCS(=O)(=O)N1CCOCC1. The van der Waals surface area contributed by atoms with Crippen LogP contribution in [0.5, 0.6) is 0 Å². The second-order valence-corrected chi connectivity index (χ2v) is 9.75. The van der Waals surface area contributed by atoms with Crippen molar-refractivity contribution < 1.29 is 17.9 Å². The van der Waals surface area contributed by atoms with E-state index in [1.54, 1.807) is 6.92 Å². The van der Waals surface area contributed by atoms with Crippen LogP contribution in [-0.2, 0) is 19.6 Å². The number of rotatable bonds is 7. The zero-order chi connectivity index (χ0) is 17.6. The standard InChI is InChI=1S/C15H21BrN2O4S2/c1-12(23-14-4-2-13(16)3-5-14)15(19)17-6-11-24(20,21)18-7-9-22-10-8-18/h2-5,12H,6-11H2,1H3,(H,17,19). The van der Waals surface area contributed by atoms with Gasteiger partial charge in [-0.3, -0.25) is 4.79 Å². The number of thioether (sulfide) groups is 1. The van der Waals surface area contributed by atoms with E-state index >= 15 is 0 Å². The molecule has 0 spiro atoms. The second kappa shape index (κ2) is 9.19. The number of nitrogens with one attached hydrogen (secondary N) is 1. The molecule has 1 heterocycles. The molecule has 1 saturated heterocycles. The minimum Gasteiger partial charge on any atom is -0.379 e. The average Bonchev–Trinajstić information content (AvgIpc) is 2.57. The first-order chi connectivity index (χ1) is 11.4. The Morgan fingerprint density at radius 3 is 2.58 bits per heavy atom. The van der Waals surface area contributed by atoms with Crippen LogP contribution >= 0.6 is 27.7 Å². The Hall–Kier alpha value is -0.610. The molecule has 1 fully saturated rings. The van der Waals surface area contributed by atoms with Gasteiger partial charge in [0.1, 0.15) is 0 Å². The van der Waals surface area contributed by atoms with Gasteiger partial charge < -0.3 is 10.1 Å². The van der Waals surface area contributed by atoms with Crippen molar-refractivity contribution in [3.8, 4) is 0 Å². The van der Waals surface area contributed by atoms with Crippen LogP contribution in [-0.4, -0.2) is 62.5 Å². The maximum Gasteiger partial charge on any atom is 0.233 e. The molecule has 9 heteroatoms. The molecular weight excluding hydrogens is 416 g/mol. The van der Waals surface area contributed by atoms with Crippen molar-refractivity contribution in [2.24, 2.45) is 0 Å². The highest BCUT2D eigenvalue weighted by Gasteiger charge is 2.24. The number of carbonyl (C=O) groups excluding carboxylic acids is 1. The molecule has 1 N–H and O–H groups in total. The number of sulfonamides is 1. The number of ether oxygens (including phenoxy) is 1. The van der Waals surface area contributed by atoms with Crippen LogP contribution in [0.25, 0.3) is 0 Å². The van der Waals surface area contributed by atoms with Gasteiger partial charge in [0.25, 0.3) is 0 Å². The monoisotopic (exact) mass is 436 g/mol. The van der Waals surface area contributed by atoms with Crippen molar-refractivity contribution in [3.63, 3.8) is 0 Å². The van der Waals surface area contributed by atoms with Gasteiger partial charge in [-0.1, -0.05) is 15.9 Å². The van der Waals surface area contributed by atoms with E-state index in [9.17, 15) is 13.2 Å². The van der Waals surface area contributed by atoms with Crippen molar-refractivity contribution in [3.05, 3.63) is 28.7 Å². The van der Waals surface area contributed by atoms with Crippen LogP contribution < -0.4 is 5.32 Å². The molecular formula is C15H21BrN2O4S2. The highest BCUT2D eigenvalue weighted by molar-refractivity contribution is 9.10. The lowest BCUT2D eigenvalue weighted by molar-refractivity contribution is -0.120. The highest BCUT2D eigenvalue weighted by Crippen LogP contribution is 2.24. The lowest BCUT2D eigenvalue weighted by Gasteiger charge is -2.26. The lowest BCUT2D eigenvalue weighted by atomic mass is 10.4. The molecule has 134 valence electrons. The van der Waals surface area contributed by atoms with Crippen molar-refractivity contribution in [2.45, 2.75) is 17.1 Å². The Kier molecular flexibility index (Phi) is 7.55. The van der Waals surface area contributed by atoms with Gasteiger partial charge in [-0.15, -0.1) is 11.8 Å². The summed E-state index contributed by atoms with van der Waals surface area (Å²) in [5.41, 5.74) is 0. The molecule has 1 unspecified atom stereocenters. The van der Waals surface area contributed by atoms with Crippen molar-refractivity contribution in [1.82, 2.24) is 9.62 Å². The van der Waals surface area contributed by atoms with E-state index < -0.39 is 10.0 Å². The van der Waals surface area contributed by atoms with E-state index in [1.807, 2.05) is 24.3 Å². The van der Waals surface area contributed by atoms with Gasteiger partial charge in [0.2, 0.25) is 15.9 Å². The van der Waals surface area contributed by atoms with Crippen LogP contribution in [0.4, 0.5) is 0 Å². The predicted molar refractivity (Wildman–Crippen MR) is 98.6 cm³/mol. The summed E-state index contributed by atoms with van der Waals surface area (Å²) in [5.74, 6) is -0.255. The van der Waals surface area contributed by atoms with Crippen LogP contribution in [0.2, 0.25) is 0 Å². The first-order valence-electron chi connectivity index (χ1n) is 7.64. The number of nitrogens with zero attached hydrogens (tertiary/aromatic N) is 1. The lowest BCUT2D eigenvalue weighted by Crippen LogP contribution is -2.44. The first-order valence-corrected chi connectivity index (χ1v) is 10.9. The van der Waals surface area contributed by atoms with E-state index in [0.717, 1.165) is 9.37 Å². The van der Waals surface area contributed by atoms with Crippen LogP contribution in [0.1, 0.15) is 6.92 Å². The van der Waals surface area contributed by atoms with E-state index in [4.69, 9.17) is 4.74 Å². The van der Waals surface area contributed by atoms with E-state index in [-0.39, 0.29) is 23.5 Å². The predicted octanol–water partition coefficient (Wildman–Crippen LogP) is 1.71. The summed E-state index contributed by atoms with van der Waals surface area (Å²) in [7, 11) is -3.34. The quantitative estimate of drug-likeness (QED) is 0.658.